The number of ether oxygens (including phenoxy) is 2. The highest BCUT2D eigenvalue weighted by Crippen LogP contribution is 2.19. The molecular weight excluding hydrogens is 334 g/mol. The molecule has 0 atom stereocenters. The zero-order valence-electron chi connectivity index (χ0n) is 13.7. The van der Waals surface area contributed by atoms with Crippen LogP contribution in [0.3, 0.4) is 0 Å². The zero-order chi connectivity index (χ0) is 17.5. The second-order valence-corrected chi connectivity index (χ2v) is 6.19. The molecule has 0 saturated carbocycles. The summed E-state index contributed by atoms with van der Waals surface area (Å²) in [6, 6.07) is 17.0. The molecule has 0 saturated heterocycles. The van der Waals surface area contributed by atoms with Crippen LogP contribution in [-0.4, -0.2) is 12.1 Å². The molecule has 0 aliphatic rings. The van der Waals surface area contributed by atoms with Gasteiger partial charge in [0.15, 0.2) is 0 Å². The SMILES string of the molecule is COc1ccc(OCc2nc(CNc3cccc(C#N)c3)cs2)cc1. The van der Waals surface area contributed by atoms with Gasteiger partial charge in [-0.2, -0.15) is 5.26 Å². The third-order valence-electron chi connectivity index (χ3n) is 3.49. The van der Waals surface area contributed by atoms with Gasteiger partial charge in [0.25, 0.3) is 0 Å². The molecule has 126 valence electrons. The van der Waals surface area contributed by atoms with Gasteiger partial charge in [-0.1, -0.05) is 6.07 Å². The Balaban J connectivity index is 1.52. The Bertz CT molecular complexity index is 869. The van der Waals surface area contributed by atoms with Gasteiger partial charge in [0.05, 0.1) is 31.0 Å². The maximum absolute atomic E-state index is 8.92. The lowest BCUT2D eigenvalue weighted by Crippen LogP contribution is -2.01. The molecule has 0 spiro atoms. The van der Waals surface area contributed by atoms with Gasteiger partial charge >= 0.3 is 0 Å². The minimum atomic E-state index is 0.431. The predicted octanol–water partition coefficient (Wildman–Crippen LogP) is 4.21. The molecule has 0 fully saturated rings. The van der Waals surface area contributed by atoms with Gasteiger partial charge in [-0.25, -0.2) is 4.98 Å². The van der Waals surface area contributed by atoms with E-state index in [1.165, 1.54) is 0 Å². The standard InChI is InChI=1S/C19H17N3O2S/c1-23-17-5-7-18(8-6-17)24-12-19-22-16(13-25-19)11-21-15-4-2-3-14(9-15)10-20/h2-9,13,21H,11-12H2,1H3. The van der Waals surface area contributed by atoms with Crippen LogP contribution in [0.1, 0.15) is 16.3 Å². The van der Waals surface area contributed by atoms with Gasteiger partial charge in [-0.15, -0.1) is 11.3 Å². The molecule has 0 radical (unpaired) electrons. The molecular formula is C19H17N3O2S. The highest BCUT2D eigenvalue weighted by atomic mass is 32.1. The van der Waals surface area contributed by atoms with Crippen LogP contribution in [0.25, 0.3) is 0 Å². The van der Waals surface area contributed by atoms with Crippen molar-refractivity contribution in [2.75, 3.05) is 12.4 Å². The number of anilines is 1. The van der Waals surface area contributed by atoms with E-state index < -0.39 is 0 Å². The van der Waals surface area contributed by atoms with Crippen LogP contribution >= 0.6 is 11.3 Å². The molecule has 1 aromatic heterocycles. The summed E-state index contributed by atoms with van der Waals surface area (Å²) >= 11 is 1.57. The lowest BCUT2D eigenvalue weighted by molar-refractivity contribution is 0.304. The molecule has 6 heteroatoms. The van der Waals surface area contributed by atoms with Crippen molar-refractivity contribution in [2.24, 2.45) is 0 Å². The van der Waals surface area contributed by atoms with Crippen molar-refractivity contribution < 1.29 is 9.47 Å². The molecule has 1 heterocycles. The van der Waals surface area contributed by atoms with Gasteiger partial charge in [0.2, 0.25) is 0 Å². The summed E-state index contributed by atoms with van der Waals surface area (Å²) in [7, 11) is 1.64. The third-order valence-corrected chi connectivity index (χ3v) is 4.36. The fourth-order valence-corrected chi connectivity index (χ4v) is 2.91. The predicted molar refractivity (Wildman–Crippen MR) is 97.9 cm³/mol. The summed E-state index contributed by atoms with van der Waals surface area (Å²) in [5.41, 5.74) is 2.49. The van der Waals surface area contributed by atoms with Gasteiger partial charge in [-0.3, -0.25) is 0 Å². The number of rotatable bonds is 7. The first-order chi connectivity index (χ1) is 12.3. The van der Waals surface area contributed by atoms with Crippen LogP contribution in [0.15, 0.2) is 53.9 Å². The Morgan fingerprint density at radius 3 is 2.72 bits per heavy atom. The van der Waals surface area contributed by atoms with Crippen LogP contribution in [0, 0.1) is 11.3 Å². The summed E-state index contributed by atoms with van der Waals surface area (Å²) in [6.07, 6.45) is 0. The van der Waals surface area contributed by atoms with E-state index in [9.17, 15) is 0 Å². The number of aromatic nitrogens is 1. The van der Waals surface area contributed by atoms with Crippen molar-refractivity contribution in [2.45, 2.75) is 13.2 Å². The minimum Gasteiger partial charge on any atom is -0.497 e. The van der Waals surface area contributed by atoms with Crippen molar-refractivity contribution in [1.82, 2.24) is 4.98 Å². The maximum Gasteiger partial charge on any atom is 0.140 e. The molecule has 2 aromatic carbocycles. The van der Waals surface area contributed by atoms with E-state index in [-0.39, 0.29) is 0 Å². The normalized spacial score (nSPS) is 10.1. The Morgan fingerprint density at radius 1 is 1.16 bits per heavy atom. The molecule has 0 unspecified atom stereocenters. The summed E-state index contributed by atoms with van der Waals surface area (Å²) in [5.74, 6) is 1.58. The Hall–Kier alpha value is -3.04. The van der Waals surface area contributed by atoms with E-state index in [1.807, 2.05) is 47.8 Å². The minimum absolute atomic E-state index is 0.431. The first-order valence-electron chi connectivity index (χ1n) is 7.71. The van der Waals surface area contributed by atoms with Crippen LogP contribution in [0.5, 0.6) is 11.5 Å². The smallest absolute Gasteiger partial charge is 0.140 e. The number of hydrogen-bond donors (Lipinski definition) is 1. The number of benzene rings is 2. The number of nitrogens with one attached hydrogen (secondary N) is 1. The molecule has 5 nitrogen and oxygen atoms in total. The first-order valence-corrected chi connectivity index (χ1v) is 8.59. The van der Waals surface area contributed by atoms with E-state index in [0.717, 1.165) is 27.9 Å². The molecule has 0 aliphatic carbocycles. The van der Waals surface area contributed by atoms with Crippen molar-refractivity contribution in [1.29, 1.82) is 5.26 Å². The number of nitriles is 1. The molecule has 0 bridgehead atoms. The van der Waals surface area contributed by atoms with Crippen molar-refractivity contribution in [3.05, 3.63) is 70.2 Å². The molecule has 25 heavy (non-hydrogen) atoms. The molecule has 3 aromatic rings. The average Bonchev–Trinajstić information content (AvgIpc) is 3.13. The topological polar surface area (TPSA) is 67.2 Å². The second-order valence-electron chi connectivity index (χ2n) is 5.24. The summed E-state index contributed by atoms with van der Waals surface area (Å²) in [4.78, 5) is 4.56. The summed E-state index contributed by atoms with van der Waals surface area (Å²) < 4.78 is 10.9. The second kappa shape index (κ2) is 8.18. The number of hydrogen-bond acceptors (Lipinski definition) is 6. The largest absolute Gasteiger partial charge is 0.497 e. The number of nitrogens with zero attached hydrogens (tertiary/aromatic N) is 2. The highest BCUT2D eigenvalue weighted by Gasteiger charge is 2.04. The van der Waals surface area contributed by atoms with Crippen LogP contribution in [0.2, 0.25) is 0 Å². The van der Waals surface area contributed by atoms with Crippen LogP contribution < -0.4 is 14.8 Å². The average molecular weight is 351 g/mol. The van der Waals surface area contributed by atoms with E-state index >= 15 is 0 Å². The van der Waals surface area contributed by atoms with E-state index in [2.05, 4.69) is 16.4 Å². The maximum atomic E-state index is 8.92. The number of methoxy groups -OCH3 is 1. The molecule has 0 amide bonds. The fraction of sp³-hybridized carbons (Fsp3) is 0.158. The van der Waals surface area contributed by atoms with Crippen LogP contribution in [-0.2, 0) is 13.2 Å². The van der Waals surface area contributed by atoms with Crippen LogP contribution in [0.4, 0.5) is 5.69 Å². The van der Waals surface area contributed by atoms with E-state index in [0.29, 0.717) is 18.7 Å². The van der Waals surface area contributed by atoms with Gasteiger partial charge in [0, 0.05) is 11.1 Å². The lowest BCUT2D eigenvalue weighted by atomic mass is 10.2. The molecule has 0 aliphatic heterocycles. The fourth-order valence-electron chi connectivity index (χ4n) is 2.20. The van der Waals surface area contributed by atoms with Crippen molar-refractivity contribution in [3.63, 3.8) is 0 Å². The quantitative estimate of drug-likeness (QED) is 0.690. The van der Waals surface area contributed by atoms with E-state index in [1.54, 1.807) is 24.5 Å². The number of thiazole rings is 1. The van der Waals surface area contributed by atoms with Gasteiger partial charge in [-0.05, 0) is 42.5 Å². The molecule has 3 rings (SSSR count). The summed E-state index contributed by atoms with van der Waals surface area (Å²) in [6.45, 7) is 1.04. The van der Waals surface area contributed by atoms with Crippen molar-refractivity contribution >= 4 is 17.0 Å². The lowest BCUT2D eigenvalue weighted by Gasteiger charge is -2.05. The Morgan fingerprint density at radius 2 is 1.96 bits per heavy atom. The first kappa shape index (κ1) is 16.8. The molecule has 1 N–H and O–H groups in total. The highest BCUT2D eigenvalue weighted by molar-refractivity contribution is 7.09. The summed E-state index contributed by atoms with van der Waals surface area (Å²) in [5, 5.41) is 15.1. The van der Waals surface area contributed by atoms with E-state index in [4.69, 9.17) is 14.7 Å². The zero-order valence-corrected chi connectivity index (χ0v) is 14.5. The van der Waals surface area contributed by atoms with Gasteiger partial charge in [0.1, 0.15) is 23.1 Å². The Labute approximate surface area is 150 Å². The Kier molecular flexibility index (Phi) is 5.50. The van der Waals surface area contributed by atoms with Gasteiger partial charge < -0.3 is 14.8 Å². The third kappa shape index (κ3) is 4.72. The van der Waals surface area contributed by atoms with Crippen molar-refractivity contribution in [3.8, 4) is 17.6 Å². The monoisotopic (exact) mass is 351 g/mol.